The maximum atomic E-state index is 12.9. The Morgan fingerprint density at radius 2 is 1.72 bits per heavy atom. The number of rotatable bonds is 8. The molecule has 2 atom stereocenters. The van der Waals surface area contributed by atoms with E-state index in [0.29, 0.717) is 19.4 Å². The zero-order chi connectivity index (χ0) is 22.7. The fourth-order valence-electron chi connectivity index (χ4n) is 4.56. The summed E-state index contributed by atoms with van der Waals surface area (Å²) < 4.78 is 5.57. The van der Waals surface area contributed by atoms with E-state index in [9.17, 15) is 19.5 Å². The number of amides is 2. The highest BCUT2D eigenvalue weighted by atomic mass is 16.5. The Kier molecular flexibility index (Phi) is 6.44. The van der Waals surface area contributed by atoms with Gasteiger partial charge in [0, 0.05) is 12.5 Å². The van der Waals surface area contributed by atoms with Crippen LogP contribution in [0.1, 0.15) is 49.7 Å². The molecule has 2 amide bonds. The summed E-state index contributed by atoms with van der Waals surface area (Å²) in [6.45, 7) is 2.55. The molecule has 1 heterocycles. The normalized spacial score (nSPS) is 17.7. The molecule has 1 saturated heterocycles. The number of carbonyl (C=O) groups excluding carboxylic acids is 2. The highest BCUT2D eigenvalue weighted by molar-refractivity contribution is 5.90. The molecule has 32 heavy (non-hydrogen) atoms. The number of benzene rings is 2. The lowest BCUT2D eigenvalue weighted by Gasteiger charge is -2.40. The van der Waals surface area contributed by atoms with Gasteiger partial charge in [-0.05, 0) is 35.1 Å². The van der Waals surface area contributed by atoms with E-state index < -0.39 is 24.1 Å². The Bertz CT molecular complexity index is 975. The predicted molar refractivity (Wildman–Crippen MR) is 119 cm³/mol. The van der Waals surface area contributed by atoms with Gasteiger partial charge in [0.05, 0.1) is 0 Å². The minimum absolute atomic E-state index is 0.0651. The molecular formula is C25H28N2O5. The summed E-state index contributed by atoms with van der Waals surface area (Å²) >= 11 is 0. The van der Waals surface area contributed by atoms with Crippen molar-refractivity contribution in [1.29, 1.82) is 0 Å². The van der Waals surface area contributed by atoms with Gasteiger partial charge in [0.1, 0.15) is 18.7 Å². The first-order valence-electron chi connectivity index (χ1n) is 11.2. The third-order valence-electron chi connectivity index (χ3n) is 6.37. The van der Waals surface area contributed by atoms with Gasteiger partial charge in [-0.25, -0.2) is 9.59 Å². The summed E-state index contributed by atoms with van der Waals surface area (Å²) in [6, 6.07) is 14.6. The molecule has 1 aliphatic heterocycles. The van der Waals surface area contributed by atoms with E-state index in [1.54, 1.807) is 0 Å². The molecule has 168 valence electrons. The summed E-state index contributed by atoms with van der Waals surface area (Å²) in [7, 11) is 0. The zero-order valence-corrected chi connectivity index (χ0v) is 18.1. The van der Waals surface area contributed by atoms with Gasteiger partial charge < -0.3 is 20.1 Å². The van der Waals surface area contributed by atoms with Crippen LogP contribution in [0.2, 0.25) is 0 Å². The average Bonchev–Trinajstić information content (AvgIpc) is 3.07. The molecule has 1 unspecified atom stereocenters. The first-order chi connectivity index (χ1) is 15.5. The van der Waals surface area contributed by atoms with Crippen LogP contribution in [-0.2, 0) is 14.3 Å². The molecule has 0 spiro atoms. The van der Waals surface area contributed by atoms with E-state index in [-0.39, 0.29) is 18.4 Å². The Morgan fingerprint density at radius 3 is 2.25 bits per heavy atom. The number of fused-ring (bicyclic) bond motifs is 3. The van der Waals surface area contributed by atoms with Crippen molar-refractivity contribution in [3.63, 3.8) is 0 Å². The van der Waals surface area contributed by atoms with Crippen molar-refractivity contribution in [2.75, 3.05) is 13.2 Å². The molecule has 1 fully saturated rings. The molecule has 7 nitrogen and oxygen atoms in total. The zero-order valence-electron chi connectivity index (χ0n) is 18.1. The number of likely N-dealkylation sites (tertiary alicyclic amines) is 1. The number of hydrogen-bond acceptors (Lipinski definition) is 4. The number of ether oxygens (including phenoxy) is 1. The van der Waals surface area contributed by atoms with Crippen LogP contribution < -0.4 is 5.32 Å². The summed E-state index contributed by atoms with van der Waals surface area (Å²) in [4.78, 5) is 38.1. The summed E-state index contributed by atoms with van der Waals surface area (Å²) in [5, 5.41) is 11.9. The predicted octanol–water partition coefficient (Wildman–Crippen LogP) is 3.77. The molecule has 2 aliphatic rings. The number of carboxylic acids is 1. The molecule has 0 aromatic heterocycles. The van der Waals surface area contributed by atoms with Gasteiger partial charge in [-0.2, -0.15) is 0 Å². The molecule has 0 bridgehead atoms. The molecule has 4 rings (SSSR count). The van der Waals surface area contributed by atoms with E-state index in [0.717, 1.165) is 35.1 Å². The van der Waals surface area contributed by atoms with Gasteiger partial charge in [0.2, 0.25) is 5.91 Å². The van der Waals surface area contributed by atoms with Gasteiger partial charge in [-0.15, -0.1) is 0 Å². The van der Waals surface area contributed by atoms with Crippen LogP contribution in [0.5, 0.6) is 0 Å². The minimum atomic E-state index is -1.01. The second-order valence-corrected chi connectivity index (χ2v) is 8.34. The van der Waals surface area contributed by atoms with Crippen molar-refractivity contribution in [1.82, 2.24) is 10.2 Å². The second kappa shape index (κ2) is 9.42. The number of carbonyl (C=O) groups is 3. The number of unbranched alkanes of at least 4 members (excludes halogenated alkanes) is 1. The van der Waals surface area contributed by atoms with Crippen molar-refractivity contribution in [2.45, 2.75) is 50.6 Å². The number of hydrogen-bond donors (Lipinski definition) is 2. The van der Waals surface area contributed by atoms with E-state index in [4.69, 9.17) is 4.74 Å². The van der Waals surface area contributed by atoms with Gasteiger partial charge in [0.25, 0.3) is 0 Å². The average molecular weight is 437 g/mol. The van der Waals surface area contributed by atoms with Gasteiger partial charge in [-0.1, -0.05) is 68.3 Å². The second-order valence-electron chi connectivity index (χ2n) is 8.34. The third kappa shape index (κ3) is 4.20. The monoisotopic (exact) mass is 436 g/mol. The quantitative estimate of drug-likeness (QED) is 0.657. The van der Waals surface area contributed by atoms with Crippen molar-refractivity contribution in [3.05, 3.63) is 59.7 Å². The third-order valence-corrected chi connectivity index (χ3v) is 6.37. The van der Waals surface area contributed by atoms with Crippen molar-refractivity contribution in [2.24, 2.45) is 0 Å². The molecular weight excluding hydrogens is 408 g/mol. The van der Waals surface area contributed by atoms with Crippen molar-refractivity contribution >= 4 is 18.0 Å². The van der Waals surface area contributed by atoms with E-state index in [1.165, 1.54) is 4.90 Å². The highest BCUT2D eigenvalue weighted by Crippen LogP contribution is 2.44. The first-order valence-corrected chi connectivity index (χ1v) is 11.2. The maximum absolute atomic E-state index is 12.9. The molecule has 2 N–H and O–H groups in total. The van der Waals surface area contributed by atoms with Gasteiger partial charge in [-0.3, -0.25) is 4.79 Å². The maximum Gasteiger partial charge on any atom is 0.407 e. The lowest BCUT2D eigenvalue weighted by molar-refractivity contribution is -0.158. The molecule has 0 saturated carbocycles. The molecule has 1 aliphatic carbocycles. The van der Waals surface area contributed by atoms with Gasteiger partial charge in [0.15, 0.2) is 0 Å². The largest absolute Gasteiger partial charge is 0.480 e. The number of aliphatic carboxylic acids is 1. The lowest BCUT2D eigenvalue weighted by Crippen LogP contribution is -2.60. The smallest absolute Gasteiger partial charge is 0.407 e. The van der Waals surface area contributed by atoms with E-state index in [1.807, 2.05) is 43.3 Å². The molecule has 7 heteroatoms. The Balaban J connectivity index is 1.42. The van der Waals surface area contributed by atoms with E-state index in [2.05, 4.69) is 17.4 Å². The minimum Gasteiger partial charge on any atom is -0.480 e. The van der Waals surface area contributed by atoms with E-state index >= 15 is 0 Å². The summed E-state index contributed by atoms with van der Waals surface area (Å²) in [5.41, 5.74) is 4.52. The van der Waals surface area contributed by atoms with Gasteiger partial charge >= 0.3 is 12.1 Å². The number of alkyl carbamates (subject to hydrolysis) is 1. The van der Waals surface area contributed by atoms with Crippen LogP contribution in [0, 0.1) is 0 Å². The van der Waals surface area contributed by atoms with Crippen molar-refractivity contribution in [3.8, 4) is 11.1 Å². The number of nitrogens with one attached hydrogen (secondary N) is 1. The Labute approximate surface area is 187 Å². The Morgan fingerprint density at radius 1 is 1.09 bits per heavy atom. The van der Waals surface area contributed by atoms with Crippen LogP contribution >= 0.6 is 0 Å². The van der Waals surface area contributed by atoms with Crippen LogP contribution in [0.15, 0.2) is 48.5 Å². The highest BCUT2D eigenvalue weighted by Gasteiger charge is 2.40. The SMILES string of the molecule is CCCC[C@H](NC(=O)OCC1c2ccccc2-c2ccccc21)C(=O)N1CCC1C(=O)O. The fraction of sp³-hybridized carbons (Fsp3) is 0.400. The Hall–Kier alpha value is -3.35. The lowest BCUT2D eigenvalue weighted by atomic mass is 9.98. The first kappa shape index (κ1) is 21.9. The van der Waals surface area contributed by atoms with Crippen LogP contribution in [0.4, 0.5) is 4.79 Å². The topological polar surface area (TPSA) is 95.9 Å². The standard InChI is InChI=1S/C25H28N2O5/c1-2-3-12-21(23(28)27-14-13-22(27)24(29)30)26-25(31)32-15-20-18-10-6-4-8-16(18)17-9-5-7-11-19(17)20/h4-11,20-22H,2-3,12-15H2,1H3,(H,26,31)(H,29,30)/t21-,22?/m0/s1. The molecule has 0 radical (unpaired) electrons. The number of carboxylic acid groups (broad SMARTS) is 1. The van der Waals surface area contributed by atoms with Crippen LogP contribution in [0.3, 0.4) is 0 Å². The van der Waals surface area contributed by atoms with Crippen LogP contribution in [-0.4, -0.2) is 53.2 Å². The van der Waals surface area contributed by atoms with Crippen molar-refractivity contribution < 1.29 is 24.2 Å². The fourth-order valence-corrected chi connectivity index (χ4v) is 4.56. The number of nitrogens with zero attached hydrogens (tertiary/aromatic N) is 1. The molecule has 2 aromatic carbocycles. The summed E-state index contributed by atoms with van der Waals surface area (Å²) in [5.74, 6) is -1.43. The summed E-state index contributed by atoms with van der Waals surface area (Å²) in [6.07, 6.45) is 1.83. The van der Waals surface area contributed by atoms with Crippen LogP contribution in [0.25, 0.3) is 11.1 Å². The molecule has 2 aromatic rings.